The van der Waals surface area contributed by atoms with E-state index in [1.807, 2.05) is 6.92 Å². The summed E-state index contributed by atoms with van der Waals surface area (Å²) in [7, 11) is 0. The monoisotopic (exact) mass is 373 g/mol. The second kappa shape index (κ2) is 7.40. The number of nitro groups is 1. The summed E-state index contributed by atoms with van der Waals surface area (Å²) in [5.41, 5.74) is 2.88. The molecule has 3 aromatic rings. The Kier molecular flexibility index (Phi) is 5.03. The largest absolute Gasteiger partial charge is 0.451 e. The molecule has 0 atom stereocenters. The number of nitro benzene ring substituents is 1. The van der Waals surface area contributed by atoms with Gasteiger partial charge in [-0.3, -0.25) is 20.3 Å². The van der Waals surface area contributed by atoms with Crippen LogP contribution in [0, 0.1) is 17.0 Å². The van der Waals surface area contributed by atoms with Crippen LogP contribution < -0.4 is 5.43 Å². The van der Waals surface area contributed by atoms with E-state index in [2.05, 4.69) is 15.6 Å². The molecule has 0 aliphatic carbocycles. The number of thioether (sulfide) groups is 1. The Morgan fingerprint density at radius 3 is 2.81 bits per heavy atom. The van der Waals surface area contributed by atoms with Gasteiger partial charge in [-0.1, -0.05) is 30.8 Å². The van der Waals surface area contributed by atoms with Crippen LogP contribution in [0.5, 0.6) is 0 Å². The second-order valence-corrected chi connectivity index (χ2v) is 6.41. The van der Waals surface area contributed by atoms with Crippen LogP contribution >= 0.6 is 11.8 Å². The number of aryl methyl sites for hydroxylation is 1. The summed E-state index contributed by atoms with van der Waals surface area (Å²) in [6, 6.07) is 9.18. The Balaban J connectivity index is 1.86. The zero-order valence-corrected chi connectivity index (χ0v) is 14.8. The standard InChI is InChI=1S/C16H15N5O4S/c1-3-26-16-18-17-10(2)20(16)19-15(22)14-9-8-13(25-14)11-6-4-5-7-12(11)21(23)24/h4-9H,3H2,1-2H3,(H,19,22). The highest BCUT2D eigenvalue weighted by Crippen LogP contribution is 2.30. The van der Waals surface area contributed by atoms with E-state index in [0.29, 0.717) is 16.5 Å². The van der Waals surface area contributed by atoms with Crippen molar-refractivity contribution in [2.24, 2.45) is 0 Å². The van der Waals surface area contributed by atoms with Gasteiger partial charge in [0.1, 0.15) is 11.6 Å². The van der Waals surface area contributed by atoms with Gasteiger partial charge in [-0.25, -0.2) is 4.68 Å². The van der Waals surface area contributed by atoms with E-state index >= 15 is 0 Å². The van der Waals surface area contributed by atoms with Crippen LogP contribution in [0.3, 0.4) is 0 Å². The highest BCUT2D eigenvalue weighted by Gasteiger charge is 2.20. The number of rotatable bonds is 6. The molecule has 2 heterocycles. The van der Waals surface area contributed by atoms with Gasteiger partial charge in [0.25, 0.3) is 5.69 Å². The zero-order valence-electron chi connectivity index (χ0n) is 14.0. The number of amides is 1. The summed E-state index contributed by atoms with van der Waals surface area (Å²) in [6.07, 6.45) is 0. The molecule has 0 bridgehead atoms. The van der Waals surface area contributed by atoms with Gasteiger partial charge in [0.05, 0.1) is 10.5 Å². The van der Waals surface area contributed by atoms with Crippen molar-refractivity contribution in [3.05, 3.63) is 58.1 Å². The predicted octanol–water partition coefficient (Wildman–Crippen LogP) is 3.25. The molecule has 0 spiro atoms. The maximum Gasteiger partial charge on any atom is 0.305 e. The maximum atomic E-state index is 12.5. The molecule has 0 saturated carbocycles. The van der Waals surface area contributed by atoms with E-state index in [9.17, 15) is 14.9 Å². The minimum absolute atomic E-state index is 0.0266. The minimum Gasteiger partial charge on any atom is -0.451 e. The van der Waals surface area contributed by atoms with Crippen molar-refractivity contribution in [3.63, 3.8) is 0 Å². The third-order valence-electron chi connectivity index (χ3n) is 3.48. The number of benzene rings is 1. The fourth-order valence-electron chi connectivity index (χ4n) is 2.30. The fourth-order valence-corrected chi connectivity index (χ4v) is 2.96. The van der Waals surface area contributed by atoms with Crippen LogP contribution in [0.2, 0.25) is 0 Å². The molecule has 1 N–H and O–H groups in total. The van der Waals surface area contributed by atoms with Crippen molar-refractivity contribution in [3.8, 4) is 11.3 Å². The number of hydrogen-bond acceptors (Lipinski definition) is 7. The van der Waals surface area contributed by atoms with E-state index in [0.717, 1.165) is 5.75 Å². The number of para-hydroxylation sites is 1. The molecule has 26 heavy (non-hydrogen) atoms. The lowest BCUT2D eigenvalue weighted by Gasteiger charge is -2.08. The van der Waals surface area contributed by atoms with Crippen molar-refractivity contribution >= 4 is 23.4 Å². The lowest BCUT2D eigenvalue weighted by molar-refractivity contribution is -0.384. The lowest BCUT2D eigenvalue weighted by Crippen LogP contribution is -2.24. The third-order valence-corrected chi connectivity index (χ3v) is 4.29. The van der Waals surface area contributed by atoms with Crippen LogP contribution in [0.25, 0.3) is 11.3 Å². The van der Waals surface area contributed by atoms with Crippen molar-refractivity contribution < 1.29 is 14.1 Å². The normalized spacial score (nSPS) is 10.7. The average molecular weight is 373 g/mol. The molecule has 0 radical (unpaired) electrons. The Hall–Kier alpha value is -3.14. The molecule has 9 nitrogen and oxygen atoms in total. The van der Waals surface area contributed by atoms with Gasteiger partial charge >= 0.3 is 5.91 Å². The highest BCUT2D eigenvalue weighted by atomic mass is 32.2. The summed E-state index contributed by atoms with van der Waals surface area (Å²) < 4.78 is 7.01. The summed E-state index contributed by atoms with van der Waals surface area (Å²) in [4.78, 5) is 23.1. The highest BCUT2D eigenvalue weighted by molar-refractivity contribution is 7.99. The maximum absolute atomic E-state index is 12.5. The van der Waals surface area contributed by atoms with Gasteiger partial charge in [-0.05, 0) is 30.9 Å². The smallest absolute Gasteiger partial charge is 0.305 e. The minimum atomic E-state index is -0.504. The van der Waals surface area contributed by atoms with E-state index < -0.39 is 10.8 Å². The average Bonchev–Trinajstić information content (AvgIpc) is 3.24. The summed E-state index contributed by atoms with van der Waals surface area (Å²) in [5.74, 6) is 1.07. The lowest BCUT2D eigenvalue weighted by atomic mass is 10.1. The molecular formula is C16H15N5O4S. The fraction of sp³-hybridized carbons (Fsp3) is 0.188. The summed E-state index contributed by atoms with van der Waals surface area (Å²) in [6.45, 7) is 3.68. The Morgan fingerprint density at radius 2 is 2.08 bits per heavy atom. The number of hydrogen-bond donors (Lipinski definition) is 1. The van der Waals surface area contributed by atoms with Crippen LogP contribution in [0.1, 0.15) is 23.3 Å². The molecule has 0 aliphatic rings. The number of aromatic nitrogens is 3. The van der Waals surface area contributed by atoms with E-state index in [-0.39, 0.29) is 17.2 Å². The third kappa shape index (κ3) is 3.45. The van der Waals surface area contributed by atoms with Gasteiger partial charge in [0, 0.05) is 6.07 Å². The molecular weight excluding hydrogens is 358 g/mol. The molecule has 0 unspecified atom stereocenters. The molecule has 10 heteroatoms. The van der Waals surface area contributed by atoms with Gasteiger partial charge in [0.2, 0.25) is 5.16 Å². The van der Waals surface area contributed by atoms with Crippen LogP contribution in [-0.2, 0) is 0 Å². The number of carbonyl (C=O) groups is 1. The first-order valence-electron chi connectivity index (χ1n) is 7.71. The first-order valence-corrected chi connectivity index (χ1v) is 8.69. The van der Waals surface area contributed by atoms with Gasteiger partial charge < -0.3 is 4.42 Å². The topological polar surface area (TPSA) is 116 Å². The van der Waals surface area contributed by atoms with Crippen LogP contribution in [0.4, 0.5) is 5.69 Å². The van der Waals surface area contributed by atoms with Gasteiger partial charge in [0.15, 0.2) is 5.76 Å². The van der Waals surface area contributed by atoms with Crippen LogP contribution in [0.15, 0.2) is 46.0 Å². The molecule has 1 amide bonds. The van der Waals surface area contributed by atoms with Crippen LogP contribution in [-0.4, -0.2) is 31.5 Å². The number of nitrogens with zero attached hydrogens (tertiary/aromatic N) is 4. The first kappa shape index (κ1) is 17.7. The van der Waals surface area contributed by atoms with Crippen molar-refractivity contribution in [1.82, 2.24) is 14.9 Å². The molecule has 0 fully saturated rings. The van der Waals surface area contributed by atoms with Gasteiger partial charge in [-0.15, -0.1) is 10.2 Å². The van der Waals surface area contributed by atoms with E-state index in [1.165, 1.54) is 34.6 Å². The Morgan fingerprint density at radius 1 is 1.31 bits per heavy atom. The van der Waals surface area contributed by atoms with Crippen molar-refractivity contribution in [2.75, 3.05) is 11.2 Å². The summed E-state index contributed by atoms with van der Waals surface area (Å²) in [5, 5.41) is 19.6. The second-order valence-electron chi connectivity index (χ2n) is 5.18. The predicted molar refractivity (Wildman–Crippen MR) is 95.6 cm³/mol. The molecule has 0 aliphatic heterocycles. The zero-order chi connectivity index (χ0) is 18.7. The number of carbonyl (C=O) groups excluding carboxylic acids is 1. The first-order chi connectivity index (χ1) is 12.5. The Bertz CT molecular complexity index is 965. The van der Waals surface area contributed by atoms with Crippen molar-refractivity contribution in [2.45, 2.75) is 19.0 Å². The van der Waals surface area contributed by atoms with Crippen molar-refractivity contribution in [1.29, 1.82) is 0 Å². The molecule has 2 aromatic heterocycles. The quantitative estimate of drug-likeness (QED) is 0.400. The SMILES string of the molecule is CCSc1nnc(C)n1NC(=O)c1ccc(-c2ccccc2[N+](=O)[O-])o1. The number of nitrogens with one attached hydrogen (secondary N) is 1. The Labute approximate surface area is 152 Å². The molecule has 134 valence electrons. The van der Waals surface area contributed by atoms with Gasteiger partial charge in [-0.2, -0.15) is 0 Å². The number of furan rings is 1. The van der Waals surface area contributed by atoms with E-state index in [1.54, 1.807) is 25.1 Å². The van der Waals surface area contributed by atoms with E-state index in [4.69, 9.17) is 4.42 Å². The molecule has 3 rings (SSSR count). The molecule has 1 aromatic carbocycles. The summed E-state index contributed by atoms with van der Waals surface area (Å²) >= 11 is 1.44. The molecule has 0 saturated heterocycles.